The summed E-state index contributed by atoms with van der Waals surface area (Å²) >= 11 is 0. The molecule has 1 N–H and O–H groups in total. The van der Waals surface area contributed by atoms with E-state index in [0.29, 0.717) is 6.54 Å². The molecule has 0 aromatic heterocycles. The lowest BCUT2D eigenvalue weighted by atomic mass is 10.2. The molecule has 0 rings (SSSR count). The first-order valence-corrected chi connectivity index (χ1v) is 8.56. The van der Waals surface area contributed by atoms with Crippen LogP contribution in [-0.4, -0.2) is 50.5 Å². The molecule has 0 saturated heterocycles. The highest BCUT2D eigenvalue weighted by molar-refractivity contribution is 7.90. The van der Waals surface area contributed by atoms with Gasteiger partial charge in [-0.1, -0.05) is 19.8 Å². The van der Waals surface area contributed by atoms with Crippen LogP contribution in [0.2, 0.25) is 0 Å². The Kier molecular flexibility index (Phi) is 7.98. The highest BCUT2D eigenvalue weighted by Crippen LogP contribution is 2.01. The van der Waals surface area contributed by atoms with Crippen molar-refractivity contribution in [2.45, 2.75) is 46.1 Å². The van der Waals surface area contributed by atoms with Gasteiger partial charge in [0, 0.05) is 25.4 Å². The van der Waals surface area contributed by atoms with Gasteiger partial charge in [0.1, 0.15) is 9.84 Å². The van der Waals surface area contributed by atoms with E-state index in [2.05, 4.69) is 12.2 Å². The van der Waals surface area contributed by atoms with Gasteiger partial charge in [0.2, 0.25) is 0 Å². The van der Waals surface area contributed by atoms with E-state index in [1.54, 1.807) is 4.90 Å². The van der Waals surface area contributed by atoms with Crippen molar-refractivity contribution >= 4 is 15.9 Å². The first-order chi connectivity index (χ1) is 8.28. The summed E-state index contributed by atoms with van der Waals surface area (Å²) in [5.41, 5.74) is 0. The number of carbonyl (C=O) groups excluding carboxylic acids is 1. The Balaban J connectivity index is 4.20. The van der Waals surface area contributed by atoms with Crippen LogP contribution in [-0.2, 0) is 9.84 Å². The van der Waals surface area contributed by atoms with Crippen LogP contribution in [0.1, 0.15) is 40.0 Å². The number of nitrogens with zero attached hydrogens (tertiary/aromatic N) is 1. The summed E-state index contributed by atoms with van der Waals surface area (Å²) in [5, 5.41) is 2.83. The Bertz CT molecular complexity index is 339. The second-order valence-corrected chi connectivity index (χ2v) is 7.12. The van der Waals surface area contributed by atoms with E-state index in [4.69, 9.17) is 0 Å². The minimum absolute atomic E-state index is 0.00192. The Hall–Kier alpha value is -0.780. The van der Waals surface area contributed by atoms with E-state index >= 15 is 0 Å². The largest absolute Gasteiger partial charge is 0.338 e. The average Bonchev–Trinajstić information content (AvgIpc) is 2.22. The molecule has 0 aliphatic rings. The number of hydrogen-bond donors (Lipinski definition) is 1. The third kappa shape index (κ3) is 8.33. The molecule has 0 aliphatic heterocycles. The summed E-state index contributed by atoms with van der Waals surface area (Å²) in [5.74, 6) is 0.00750. The van der Waals surface area contributed by atoms with Crippen LogP contribution >= 0.6 is 0 Å². The van der Waals surface area contributed by atoms with Crippen LogP contribution in [0.5, 0.6) is 0 Å². The van der Waals surface area contributed by atoms with Gasteiger partial charge >= 0.3 is 6.03 Å². The van der Waals surface area contributed by atoms with Crippen LogP contribution in [0.25, 0.3) is 0 Å². The number of carbonyl (C=O) groups is 1. The van der Waals surface area contributed by atoms with E-state index in [1.807, 2.05) is 13.8 Å². The molecule has 0 fully saturated rings. The molecular weight excluding hydrogens is 252 g/mol. The predicted molar refractivity (Wildman–Crippen MR) is 74.5 cm³/mol. The molecule has 0 radical (unpaired) electrons. The summed E-state index contributed by atoms with van der Waals surface area (Å²) in [7, 11) is -3.04. The SMILES string of the molecule is CCCCCNC(=O)N(CCS(C)(=O)=O)C(C)C. The van der Waals surface area contributed by atoms with Crippen molar-refractivity contribution < 1.29 is 13.2 Å². The van der Waals surface area contributed by atoms with Gasteiger partial charge in [-0.05, 0) is 20.3 Å². The molecule has 0 aliphatic carbocycles. The van der Waals surface area contributed by atoms with Gasteiger partial charge in [-0.25, -0.2) is 13.2 Å². The highest BCUT2D eigenvalue weighted by atomic mass is 32.2. The fourth-order valence-corrected chi connectivity index (χ4v) is 2.06. The fourth-order valence-electron chi connectivity index (χ4n) is 1.53. The molecule has 2 amide bonds. The topological polar surface area (TPSA) is 66.5 Å². The van der Waals surface area contributed by atoms with Crippen LogP contribution in [0.3, 0.4) is 0 Å². The third-order valence-corrected chi connectivity index (χ3v) is 3.57. The number of nitrogens with one attached hydrogen (secondary N) is 1. The molecule has 0 unspecified atom stereocenters. The van der Waals surface area contributed by atoms with E-state index in [9.17, 15) is 13.2 Å². The maximum absolute atomic E-state index is 11.9. The number of unbranched alkanes of at least 4 members (excludes halogenated alkanes) is 2. The molecule has 18 heavy (non-hydrogen) atoms. The zero-order valence-corrected chi connectivity index (χ0v) is 12.7. The standard InChI is InChI=1S/C12H26N2O3S/c1-5-6-7-8-13-12(15)14(11(2)3)9-10-18(4,16)17/h11H,5-10H2,1-4H3,(H,13,15). The maximum atomic E-state index is 11.9. The minimum Gasteiger partial charge on any atom is -0.338 e. The summed E-state index contributed by atoms with van der Waals surface area (Å²) < 4.78 is 22.2. The Morgan fingerprint density at radius 2 is 1.89 bits per heavy atom. The molecule has 0 aromatic carbocycles. The molecule has 6 heteroatoms. The first kappa shape index (κ1) is 17.2. The highest BCUT2D eigenvalue weighted by Gasteiger charge is 2.17. The number of urea groups is 1. The van der Waals surface area contributed by atoms with Crippen molar-refractivity contribution in [3.8, 4) is 0 Å². The van der Waals surface area contributed by atoms with Crippen LogP contribution < -0.4 is 5.32 Å². The summed E-state index contributed by atoms with van der Waals surface area (Å²) in [6, 6.07) is -0.178. The smallest absolute Gasteiger partial charge is 0.317 e. The molecule has 0 saturated carbocycles. The molecule has 0 heterocycles. The summed E-state index contributed by atoms with van der Waals surface area (Å²) in [4.78, 5) is 13.4. The van der Waals surface area contributed by atoms with E-state index in [0.717, 1.165) is 19.3 Å². The molecule has 0 bridgehead atoms. The quantitative estimate of drug-likeness (QED) is 0.686. The molecule has 0 atom stereocenters. The number of rotatable bonds is 8. The van der Waals surface area contributed by atoms with Gasteiger partial charge < -0.3 is 10.2 Å². The second kappa shape index (κ2) is 8.34. The molecule has 5 nitrogen and oxygen atoms in total. The van der Waals surface area contributed by atoms with Gasteiger partial charge in [-0.3, -0.25) is 0 Å². The van der Waals surface area contributed by atoms with Crippen LogP contribution in [0.4, 0.5) is 4.79 Å². The monoisotopic (exact) mass is 278 g/mol. The van der Waals surface area contributed by atoms with Crippen molar-refractivity contribution in [2.24, 2.45) is 0 Å². The van der Waals surface area contributed by atoms with Gasteiger partial charge in [0.05, 0.1) is 5.75 Å². The Labute approximate surface area is 111 Å². The zero-order chi connectivity index (χ0) is 14.2. The van der Waals surface area contributed by atoms with E-state index in [1.165, 1.54) is 6.26 Å². The van der Waals surface area contributed by atoms with Crippen molar-refractivity contribution in [3.05, 3.63) is 0 Å². The van der Waals surface area contributed by atoms with Crippen molar-refractivity contribution in [3.63, 3.8) is 0 Å². The van der Waals surface area contributed by atoms with Crippen LogP contribution in [0, 0.1) is 0 Å². The van der Waals surface area contributed by atoms with Gasteiger partial charge in [-0.2, -0.15) is 0 Å². The van der Waals surface area contributed by atoms with E-state index in [-0.39, 0.29) is 24.4 Å². The predicted octanol–water partition coefficient (Wildman–Crippen LogP) is 1.64. The van der Waals surface area contributed by atoms with Crippen molar-refractivity contribution in [1.29, 1.82) is 0 Å². The van der Waals surface area contributed by atoms with Gasteiger partial charge in [0.15, 0.2) is 0 Å². The van der Waals surface area contributed by atoms with Crippen LogP contribution in [0.15, 0.2) is 0 Å². The number of sulfone groups is 1. The number of amides is 2. The van der Waals surface area contributed by atoms with E-state index < -0.39 is 9.84 Å². The normalized spacial score (nSPS) is 11.6. The molecule has 0 spiro atoms. The zero-order valence-electron chi connectivity index (χ0n) is 11.9. The average molecular weight is 278 g/mol. The lowest BCUT2D eigenvalue weighted by molar-refractivity contribution is 0.187. The molecule has 108 valence electrons. The lowest BCUT2D eigenvalue weighted by Gasteiger charge is -2.26. The second-order valence-electron chi connectivity index (χ2n) is 4.86. The van der Waals surface area contributed by atoms with Gasteiger partial charge in [-0.15, -0.1) is 0 Å². The van der Waals surface area contributed by atoms with Gasteiger partial charge in [0.25, 0.3) is 0 Å². The Morgan fingerprint density at radius 1 is 1.28 bits per heavy atom. The van der Waals surface area contributed by atoms with Crippen molar-refractivity contribution in [1.82, 2.24) is 10.2 Å². The fraction of sp³-hybridized carbons (Fsp3) is 0.917. The third-order valence-electron chi connectivity index (χ3n) is 2.64. The first-order valence-electron chi connectivity index (χ1n) is 6.50. The summed E-state index contributed by atoms with van der Waals surface area (Å²) in [6.07, 6.45) is 4.34. The molecule has 0 aromatic rings. The summed E-state index contributed by atoms with van der Waals surface area (Å²) in [6.45, 7) is 6.76. The molecular formula is C12H26N2O3S. The minimum atomic E-state index is -3.04. The Morgan fingerprint density at radius 3 is 2.33 bits per heavy atom. The lowest BCUT2D eigenvalue weighted by Crippen LogP contribution is -2.46. The van der Waals surface area contributed by atoms with Crippen molar-refractivity contribution in [2.75, 3.05) is 25.1 Å². The maximum Gasteiger partial charge on any atom is 0.317 e. The number of hydrogen-bond acceptors (Lipinski definition) is 3.